The summed E-state index contributed by atoms with van der Waals surface area (Å²) in [4.78, 5) is 20.3. The third-order valence-corrected chi connectivity index (χ3v) is 2.48. The zero-order valence-electron chi connectivity index (χ0n) is 9.29. The summed E-state index contributed by atoms with van der Waals surface area (Å²) in [6.07, 6.45) is 4.78. The first kappa shape index (κ1) is 10.4. The lowest BCUT2D eigenvalue weighted by Gasteiger charge is -2.03. The van der Waals surface area contributed by atoms with Gasteiger partial charge in [0.1, 0.15) is 5.82 Å². The number of nitrogens with one attached hydrogen (secondary N) is 2. The van der Waals surface area contributed by atoms with Crippen LogP contribution in [0.15, 0.2) is 42.9 Å². The molecule has 0 bridgehead atoms. The number of H-pyrrole nitrogens is 1. The van der Waals surface area contributed by atoms with E-state index in [9.17, 15) is 4.79 Å². The topological polar surface area (TPSA) is 83.6 Å². The van der Waals surface area contributed by atoms with Gasteiger partial charge in [0.15, 0.2) is 0 Å². The van der Waals surface area contributed by atoms with Gasteiger partial charge in [-0.05, 0) is 18.2 Å². The number of carbonyl (C=O) groups is 1. The van der Waals surface area contributed by atoms with Crippen LogP contribution in [0.4, 0.5) is 5.82 Å². The van der Waals surface area contributed by atoms with Gasteiger partial charge in [-0.25, -0.2) is 0 Å². The fraction of sp³-hybridized carbons (Fsp3) is 0. The molecule has 0 fully saturated rings. The van der Waals surface area contributed by atoms with E-state index < -0.39 is 0 Å². The van der Waals surface area contributed by atoms with E-state index in [0.29, 0.717) is 16.9 Å². The summed E-state index contributed by atoms with van der Waals surface area (Å²) in [5.74, 6) is 0.339. The van der Waals surface area contributed by atoms with E-state index in [4.69, 9.17) is 0 Å². The maximum Gasteiger partial charge on any atom is 0.256 e. The second-order valence-corrected chi connectivity index (χ2v) is 3.68. The Morgan fingerprint density at radius 1 is 1.06 bits per heavy atom. The number of carbonyl (C=O) groups excluding carboxylic acids is 1. The van der Waals surface area contributed by atoms with Gasteiger partial charge in [0.2, 0.25) is 0 Å². The molecular weight excluding hydrogens is 230 g/mol. The van der Waals surface area contributed by atoms with Gasteiger partial charge >= 0.3 is 0 Å². The number of fused-ring (bicyclic) bond motifs is 1. The first-order chi connectivity index (χ1) is 8.83. The minimum Gasteiger partial charge on any atom is -0.307 e. The third-order valence-electron chi connectivity index (χ3n) is 2.48. The Kier molecular flexibility index (Phi) is 2.45. The molecule has 0 spiro atoms. The molecule has 6 nitrogen and oxygen atoms in total. The van der Waals surface area contributed by atoms with Crippen molar-refractivity contribution in [2.24, 2.45) is 0 Å². The van der Waals surface area contributed by atoms with Gasteiger partial charge in [-0.15, -0.1) is 0 Å². The first-order valence-corrected chi connectivity index (χ1v) is 5.34. The van der Waals surface area contributed by atoms with Crippen molar-refractivity contribution < 1.29 is 4.79 Å². The van der Waals surface area contributed by atoms with E-state index >= 15 is 0 Å². The van der Waals surface area contributed by atoms with Crippen molar-refractivity contribution in [3.05, 3.63) is 48.4 Å². The molecule has 1 amide bonds. The lowest BCUT2D eigenvalue weighted by molar-refractivity contribution is 0.102. The molecule has 3 aromatic rings. The van der Waals surface area contributed by atoms with Crippen LogP contribution in [0, 0.1) is 0 Å². The van der Waals surface area contributed by atoms with Gasteiger partial charge < -0.3 is 5.32 Å². The number of aromatic nitrogens is 4. The van der Waals surface area contributed by atoms with Crippen molar-refractivity contribution in [2.45, 2.75) is 0 Å². The molecule has 2 heterocycles. The third kappa shape index (κ3) is 1.91. The Morgan fingerprint density at radius 2 is 1.89 bits per heavy atom. The van der Waals surface area contributed by atoms with Crippen LogP contribution in [0.5, 0.6) is 0 Å². The molecule has 0 aliphatic carbocycles. The summed E-state index contributed by atoms with van der Waals surface area (Å²) < 4.78 is 0. The normalized spacial score (nSPS) is 10.4. The van der Waals surface area contributed by atoms with Crippen molar-refractivity contribution in [1.29, 1.82) is 0 Å². The van der Waals surface area contributed by atoms with Crippen LogP contribution in [0.1, 0.15) is 10.4 Å². The number of hydrogen-bond donors (Lipinski definition) is 2. The highest BCUT2D eigenvalue weighted by molar-refractivity contribution is 6.05. The van der Waals surface area contributed by atoms with Crippen LogP contribution in [-0.2, 0) is 0 Å². The number of benzene rings is 1. The van der Waals surface area contributed by atoms with E-state index in [1.54, 1.807) is 42.9 Å². The van der Waals surface area contributed by atoms with Gasteiger partial charge in [0.25, 0.3) is 5.91 Å². The van der Waals surface area contributed by atoms with E-state index in [2.05, 4.69) is 25.5 Å². The Morgan fingerprint density at radius 3 is 2.67 bits per heavy atom. The molecule has 88 valence electrons. The molecule has 0 saturated heterocycles. The molecule has 0 aliphatic heterocycles. The number of aromatic amines is 1. The quantitative estimate of drug-likeness (QED) is 0.711. The lowest BCUT2D eigenvalue weighted by Crippen LogP contribution is -2.12. The smallest absolute Gasteiger partial charge is 0.256 e. The molecule has 2 N–H and O–H groups in total. The number of rotatable bonds is 2. The van der Waals surface area contributed by atoms with Crippen molar-refractivity contribution >= 4 is 22.8 Å². The summed E-state index contributed by atoms with van der Waals surface area (Å²) in [6.45, 7) is 0. The maximum atomic E-state index is 11.9. The minimum atomic E-state index is -0.216. The summed E-state index contributed by atoms with van der Waals surface area (Å²) in [7, 11) is 0. The second kappa shape index (κ2) is 4.25. The minimum absolute atomic E-state index is 0.216. The average Bonchev–Trinajstić information content (AvgIpc) is 2.91. The first-order valence-electron chi connectivity index (χ1n) is 5.34. The average molecular weight is 239 g/mol. The predicted molar refractivity (Wildman–Crippen MR) is 66.1 cm³/mol. The van der Waals surface area contributed by atoms with Crippen LogP contribution in [0.2, 0.25) is 0 Å². The monoisotopic (exact) mass is 239 g/mol. The van der Waals surface area contributed by atoms with Crippen molar-refractivity contribution in [2.75, 3.05) is 5.32 Å². The fourth-order valence-electron chi connectivity index (χ4n) is 1.62. The zero-order chi connectivity index (χ0) is 12.4. The fourth-order valence-corrected chi connectivity index (χ4v) is 1.62. The number of nitrogens with zero attached hydrogens (tertiary/aromatic N) is 3. The van der Waals surface area contributed by atoms with E-state index in [1.807, 2.05) is 0 Å². The van der Waals surface area contributed by atoms with E-state index in [1.165, 1.54) is 0 Å². The Balaban J connectivity index is 1.92. The molecule has 0 aliphatic rings. The maximum absolute atomic E-state index is 11.9. The number of anilines is 1. The highest BCUT2D eigenvalue weighted by atomic mass is 16.1. The van der Waals surface area contributed by atoms with Crippen LogP contribution >= 0.6 is 0 Å². The van der Waals surface area contributed by atoms with Crippen LogP contribution < -0.4 is 5.32 Å². The zero-order valence-corrected chi connectivity index (χ0v) is 9.29. The van der Waals surface area contributed by atoms with Gasteiger partial charge in [-0.2, -0.15) is 5.10 Å². The molecule has 2 aromatic heterocycles. The highest BCUT2D eigenvalue weighted by Crippen LogP contribution is 2.12. The molecular formula is C12H9N5O. The summed E-state index contributed by atoms with van der Waals surface area (Å²) in [6, 6.07) is 6.86. The van der Waals surface area contributed by atoms with E-state index in [-0.39, 0.29) is 5.91 Å². The Hall–Kier alpha value is -2.76. The van der Waals surface area contributed by atoms with Crippen molar-refractivity contribution in [3.8, 4) is 0 Å². The van der Waals surface area contributed by atoms with Gasteiger partial charge in [-0.1, -0.05) is 0 Å². The highest BCUT2D eigenvalue weighted by Gasteiger charge is 2.08. The SMILES string of the molecule is O=C(Nc1ccn[nH]1)c1ccc2nccnc2c1. The lowest BCUT2D eigenvalue weighted by atomic mass is 10.2. The van der Waals surface area contributed by atoms with Crippen molar-refractivity contribution in [1.82, 2.24) is 20.2 Å². The van der Waals surface area contributed by atoms with Gasteiger partial charge in [0, 0.05) is 24.0 Å². The van der Waals surface area contributed by atoms with Gasteiger partial charge in [-0.3, -0.25) is 19.9 Å². The standard InChI is InChI=1S/C12H9N5O/c18-12(16-11-3-4-15-17-11)8-1-2-9-10(7-8)14-6-5-13-9/h1-7H,(H2,15,16,17,18). The summed E-state index contributed by atoms with van der Waals surface area (Å²) in [5, 5.41) is 9.12. The second-order valence-electron chi connectivity index (χ2n) is 3.68. The molecule has 0 saturated carbocycles. The number of hydrogen-bond acceptors (Lipinski definition) is 4. The van der Waals surface area contributed by atoms with Crippen LogP contribution in [0.3, 0.4) is 0 Å². The summed E-state index contributed by atoms with van der Waals surface area (Å²) in [5.41, 5.74) is 1.97. The Bertz CT molecular complexity index is 693. The van der Waals surface area contributed by atoms with Crippen LogP contribution in [0.25, 0.3) is 11.0 Å². The molecule has 18 heavy (non-hydrogen) atoms. The number of amides is 1. The Labute approximate surface area is 102 Å². The van der Waals surface area contributed by atoms with Crippen LogP contribution in [-0.4, -0.2) is 26.1 Å². The molecule has 0 radical (unpaired) electrons. The molecule has 6 heteroatoms. The molecule has 3 rings (SSSR count). The molecule has 0 unspecified atom stereocenters. The van der Waals surface area contributed by atoms with E-state index in [0.717, 1.165) is 5.52 Å². The molecule has 1 aromatic carbocycles. The largest absolute Gasteiger partial charge is 0.307 e. The van der Waals surface area contributed by atoms with Gasteiger partial charge in [0.05, 0.1) is 17.2 Å². The summed E-state index contributed by atoms with van der Waals surface area (Å²) >= 11 is 0. The van der Waals surface area contributed by atoms with Crippen molar-refractivity contribution in [3.63, 3.8) is 0 Å². The molecule has 0 atom stereocenters. The predicted octanol–water partition coefficient (Wildman–Crippen LogP) is 1.61.